The van der Waals surface area contributed by atoms with E-state index in [0.29, 0.717) is 21.9 Å². The van der Waals surface area contributed by atoms with Crippen LogP contribution in [0.5, 0.6) is 5.75 Å². The van der Waals surface area contributed by atoms with E-state index in [0.717, 1.165) is 36.1 Å². The lowest BCUT2D eigenvalue weighted by Gasteiger charge is -2.12. The Kier molecular flexibility index (Phi) is 6.13. The number of nitrogens with one attached hydrogen (secondary N) is 1. The average Bonchev–Trinajstić information content (AvgIpc) is 3.03. The van der Waals surface area contributed by atoms with Crippen molar-refractivity contribution >= 4 is 28.3 Å². The maximum absolute atomic E-state index is 12.7. The van der Waals surface area contributed by atoms with Crippen LogP contribution in [0.3, 0.4) is 0 Å². The number of nitriles is 2. The van der Waals surface area contributed by atoms with Crippen LogP contribution < -0.4 is 10.1 Å². The molecule has 2 aromatic rings. The van der Waals surface area contributed by atoms with Crippen LogP contribution in [0.2, 0.25) is 0 Å². The van der Waals surface area contributed by atoms with E-state index in [2.05, 4.69) is 11.4 Å². The van der Waals surface area contributed by atoms with Gasteiger partial charge < -0.3 is 10.1 Å². The molecule has 1 aromatic carbocycles. The van der Waals surface area contributed by atoms with E-state index >= 15 is 0 Å². The van der Waals surface area contributed by atoms with Crippen LogP contribution in [0.1, 0.15) is 48.3 Å². The molecule has 1 heterocycles. The number of carbonyl (C=O) groups is 1. The van der Waals surface area contributed by atoms with Crippen LogP contribution >= 0.6 is 11.3 Å². The summed E-state index contributed by atoms with van der Waals surface area (Å²) < 4.78 is 5.75. The van der Waals surface area contributed by atoms with Gasteiger partial charge in [0.15, 0.2) is 0 Å². The fraction of sp³-hybridized carbons (Fsp3) is 0.318. The zero-order valence-electron chi connectivity index (χ0n) is 15.9. The summed E-state index contributed by atoms with van der Waals surface area (Å²) in [7, 11) is 0. The Hall–Kier alpha value is -3.09. The number of hydrogen-bond donors (Lipinski definition) is 1. The number of benzene rings is 1. The number of para-hydroxylation sites is 1. The minimum atomic E-state index is -0.517. The molecule has 142 valence electrons. The van der Waals surface area contributed by atoms with Crippen molar-refractivity contribution in [2.24, 2.45) is 0 Å². The van der Waals surface area contributed by atoms with Gasteiger partial charge in [0.1, 0.15) is 28.5 Å². The van der Waals surface area contributed by atoms with Gasteiger partial charge in [0.05, 0.1) is 11.7 Å². The molecule has 0 aliphatic heterocycles. The minimum absolute atomic E-state index is 0.0236. The topological polar surface area (TPSA) is 85.9 Å². The molecule has 28 heavy (non-hydrogen) atoms. The second-order valence-corrected chi connectivity index (χ2v) is 7.96. The first kappa shape index (κ1) is 19.7. The lowest BCUT2D eigenvalue weighted by molar-refractivity contribution is -0.112. The number of amides is 1. The highest BCUT2D eigenvalue weighted by atomic mass is 32.1. The summed E-state index contributed by atoms with van der Waals surface area (Å²) in [6, 6.07) is 11.5. The van der Waals surface area contributed by atoms with Crippen molar-refractivity contribution in [1.29, 1.82) is 10.5 Å². The maximum Gasteiger partial charge on any atom is 0.266 e. The molecule has 0 saturated heterocycles. The van der Waals surface area contributed by atoms with Crippen LogP contribution in [0.15, 0.2) is 29.8 Å². The zero-order chi connectivity index (χ0) is 20.1. The van der Waals surface area contributed by atoms with Crippen molar-refractivity contribution in [3.63, 3.8) is 0 Å². The van der Waals surface area contributed by atoms with Gasteiger partial charge in [-0.2, -0.15) is 10.5 Å². The number of aryl methyl sites for hydroxylation is 1. The molecule has 0 unspecified atom stereocenters. The molecular formula is C22H21N3O2S. The molecule has 0 atom stereocenters. The standard InChI is InChI=1S/C22H21N3O2S/c1-14(2)27-19-9-5-3-7-15(19)11-16(12-23)21(26)25-22-18(13-24)17-8-4-6-10-20(17)28-22/h3,5,7,9,11,14H,4,6,8,10H2,1-2H3,(H,25,26)/b16-11+. The molecule has 0 bridgehead atoms. The Morgan fingerprint density at radius 3 is 2.71 bits per heavy atom. The zero-order valence-corrected chi connectivity index (χ0v) is 16.7. The van der Waals surface area contributed by atoms with Crippen molar-refractivity contribution in [2.75, 3.05) is 5.32 Å². The van der Waals surface area contributed by atoms with Crippen molar-refractivity contribution in [3.05, 3.63) is 51.4 Å². The third-order valence-electron chi connectivity index (χ3n) is 4.46. The second kappa shape index (κ2) is 8.73. The number of anilines is 1. The summed E-state index contributed by atoms with van der Waals surface area (Å²) in [5.41, 5.74) is 2.21. The van der Waals surface area contributed by atoms with Gasteiger partial charge in [-0.05, 0) is 57.2 Å². The highest BCUT2D eigenvalue weighted by Gasteiger charge is 2.22. The quantitative estimate of drug-likeness (QED) is 0.584. The molecule has 3 rings (SSSR count). The number of carbonyl (C=O) groups excluding carboxylic acids is 1. The molecule has 1 N–H and O–H groups in total. The van der Waals surface area contributed by atoms with Crippen molar-refractivity contribution < 1.29 is 9.53 Å². The molecule has 6 heteroatoms. The van der Waals surface area contributed by atoms with Gasteiger partial charge in [-0.25, -0.2) is 0 Å². The molecular weight excluding hydrogens is 370 g/mol. The number of ether oxygens (including phenoxy) is 1. The monoisotopic (exact) mass is 391 g/mol. The summed E-state index contributed by atoms with van der Waals surface area (Å²) in [6.45, 7) is 3.83. The molecule has 0 fully saturated rings. The fourth-order valence-corrected chi connectivity index (χ4v) is 4.44. The van der Waals surface area contributed by atoms with Gasteiger partial charge in [0.2, 0.25) is 0 Å². The molecule has 1 aliphatic carbocycles. The van der Waals surface area contributed by atoms with E-state index in [1.165, 1.54) is 17.4 Å². The lowest BCUT2D eigenvalue weighted by atomic mass is 9.96. The van der Waals surface area contributed by atoms with Crippen LogP contribution in [-0.2, 0) is 17.6 Å². The van der Waals surface area contributed by atoms with Crippen molar-refractivity contribution in [2.45, 2.75) is 45.6 Å². The summed E-state index contributed by atoms with van der Waals surface area (Å²) in [5, 5.41) is 22.4. The molecule has 0 saturated carbocycles. The number of nitrogens with zero attached hydrogens (tertiary/aromatic N) is 2. The van der Waals surface area contributed by atoms with Crippen molar-refractivity contribution in [1.82, 2.24) is 0 Å². The number of hydrogen-bond acceptors (Lipinski definition) is 5. The normalized spacial score (nSPS) is 13.4. The van der Waals surface area contributed by atoms with Crippen molar-refractivity contribution in [3.8, 4) is 17.9 Å². The number of rotatable bonds is 5. The van der Waals surface area contributed by atoms with Gasteiger partial charge in [0.25, 0.3) is 5.91 Å². The molecule has 0 spiro atoms. The Morgan fingerprint density at radius 2 is 2.00 bits per heavy atom. The first-order chi connectivity index (χ1) is 13.5. The van der Waals surface area contributed by atoms with Gasteiger partial charge in [-0.1, -0.05) is 18.2 Å². The summed E-state index contributed by atoms with van der Waals surface area (Å²) in [5.74, 6) is 0.0966. The Labute approximate surface area is 168 Å². The summed E-state index contributed by atoms with van der Waals surface area (Å²) in [4.78, 5) is 13.9. The van der Waals surface area contributed by atoms with E-state index in [-0.39, 0.29) is 11.7 Å². The van der Waals surface area contributed by atoms with Gasteiger partial charge >= 0.3 is 0 Å². The van der Waals surface area contributed by atoms with Crippen LogP contribution in [0, 0.1) is 22.7 Å². The minimum Gasteiger partial charge on any atom is -0.490 e. The molecule has 5 nitrogen and oxygen atoms in total. The number of thiophene rings is 1. The maximum atomic E-state index is 12.7. The molecule has 1 amide bonds. The molecule has 1 aromatic heterocycles. The van der Waals surface area contributed by atoms with E-state index in [1.807, 2.05) is 32.0 Å². The Morgan fingerprint density at radius 1 is 1.25 bits per heavy atom. The molecule has 0 radical (unpaired) electrons. The predicted octanol–water partition coefficient (Wildman–Crippen LogP) is 4.83. The second-order valence-electron chi connectivity index (χ2n) is 6.86. The predicted molar refractivity (Wildman–Crippen MR) is 110 cm³/mol. The van der Waals surface area contributed by atoms with Gasteiger partial charge in [-0.15, -0.1) is 11.3 Å². The highest BCUT2D eigenvalue weighted by molar-refractivity contribution is 7.16. The van der Waals surface area contributed by atoms with E-state index in [1.54, 1.807) is 12.1 Å². The SMILES string of the molecule is CC(C)Oc1ccccc1/C=C(\C#N)C(=O)Nc1sc2c(c1C#N)CCCC2. The third-order valence-corrected chi connectivity index (χ3v) is 5.66. The third kappa shape index (κ3) is 4.24. The Bertz CT molecular complexity index is 1010. The molecule has 1 aliphatic rings. The fourth-order valence-electron chi connectivity index (χ4n) is 3.21. The van der Waals surface area contributed by atoms with Gasteiger partial charge in [-0.3, -0.25) is 4.79 Å². The summed E-state index contributed by atoms with van der Waals surface area (Å²) in [6.07, 6.45) is 5.46. The van der Waals surface area contributed by atoms with Crippen LogP contribution in [-0.4, -0.2) is 12.0 Å². The lowest BCUT2D eigenvalue weighted by Crippen LogP contribution is -2.13. The van der Waals surface area contributed by atoms with E-state index < -0.39 is 5.91 Å². The first-order valence-corrected chi connectivity index (χ1v) is 10.1. The van der Waals surface area contributed by atoms with Crippen LogP contribution in [0.4, 0.5) is 5.00 Å². The van der Waals surface area contributed by atoms with E-state index in [9.17, 15) is 15.3 Å². The average molecular weight is 391 g/mol. The van der Waals surface area contributed by atoms with E-state index in [4.69, 9.17) is 4.74 Å². The van der Waals surface area contributed by atoms with Crippen LogP contribution in [0.25, 0.3) is 6.08 Å². The first-order valence-electron chi connectivity index (χ1n) is 9.27. The smallest absolute Gasteiger partial charge is 0.266 e. The summed E-state index contributed by atoms with van der Waals surface area (Å²) >= 11 is 1.44. The highest BCUT2D eigenvalue weighted by Crippen LogP contribution is 2.37. The number of fused-ring (bicyclic) bond motifs is 1. The Balaban J connectivity index is 1.88. The largest absolute Gasteiger partial charge is 0.490 e. The van der Waals surface area contributed by atoms with Gasteiger partial charge in [0, 0.05) is 10.4 Å².